The van der Waals surface area contributed by atoms with E-state index in [1.807, 2.05) is 4.90 Å². The first-order chi connectivity index (χ1) is 12.5. The largest absolute Gasteiger partial charge is 0.392 e. The van der Waals surface area contributed by atoms with Gasteiger partial charge in [-0.25, -0.2) is 4.39 Å². The molecule has 1 amide bonds. The van der Waals surface area contributed by atoms with Crippen LogP contribution in [-0.4, -0.2) is 54.4 Å². The van der Waals surface area contributed by atoms with Gasteiger partial charge in [0.05, 0.1) is 24.2 Å². The van der Waals surface area contributed by atoms with Gasteiger partial charge in [-0.05, 0) is 43.4 Å². The second-order valence-corrected chi connectivity index (χ2v) is 8.01. The van der Waals surface area contributed by atoms with Crippen LogP contribution in [0, 0.1) is 11.2 Å². The van der Waals surface area contributed by atoms with Gasteiger partial charge in [0.25, 0.3) is 0 Å². The van der Waals surface area contributed by atoms with Crippen molar-refractivity contribution in [3.05, 3.63) is 35.6 Å². The van der Waals surface area contributed by atoms with E-state index >= 15 is 0 Å². The van der Waals surface area contributed by atoms with E-state index in [0.29, 0.717) is 32.7 Å². The van der Waals surface area contributed by atoms with Gasteiger partial charge in [0.15, 0.2) is 0 Å². The Morgan fingerprint density at radius 1 is 1.22 bits per heavy atom. The molecular weight excluding hydrogens is 371 g/mol. The van der Waals surface area contributed by atoms with Crippen LogP contribution >= 0.6 is 12.4 Å². The van der Waals surface area contributed by atoms with Crippen molar-refractivity contribution in [1.29, 1.82) is 0 Å². The molecule has 1 aromatic carbocycles. The Balaban J connectivity index is 0.00000210. The number of carbonyl (C=O) groups is 1. The third-order valence-electron chi connectivity index (χ3n) is 6.72. The molecule has 1 heterocycles. The van der Waals surface area contributed by atoms with Crippen LogP contribution in [0.2, 0.25) is 0 Å². The molecule has 4 rings (SSSR count). The highest BCUT2D eigenvalue weighted by Crippen LogP contribution is 2.53. The van der Waals surface area contributed by atoms with Gasteiger partial charge in [-0.1, -0.05) is 12.1 Å². The molecule has 2 saturated carbocycles. The van der Waals surface area contributed by atoms with Gasteiger partial charge in [0.2, 0.25) is 5.91 Å². The number of rotatable bonds is 5. The van der Waals surface area contributed by atoms with Gasteiger partial charge >= 0.3 is 0 Å². The van der Waals surface area contributed by atoms with Gasteiger partial charge in [-0.3, -0.25) is 4.79 Å². The summed E-state index contributed by atoms with van der Waals surface area (Å²) in [6, 6.07) is 6.33. The maximum Gasteiger partial charge on any atom is 0.233 e. The average Bonchev–Trinajstić information content (AvgIpc) is 3.47. The lowest BCUT2D eigenvalue weighted by Gasteiger charge is -2.56. The number of piperidine rings is 1. The minimum atomic E-state index is -0.466. The standard InChI is InChI=1S/C20H27FN2O3.ClH/c21-15-3-1-14(2-4-15)19(5-6-19)18(25)23-10-7-20(8-11-23)16(24)13-17(20)26-12-9-22;/h1-4,16-17,24H,5-13,22H2;1H/t16-,17+;/m1./s1. The zero-order valence-electron chi connectivity index (χ0n) is 15.4. The minimum absolute atomic E-state index is 0. The Kier molecular flexibility index (Phi) is 5.82. The molecule has 2 atom stereocenters. The summed E-state index contributed by atoms with van der Waals surface area (Å²) >= 11 is 0. The molecule has 5 nitrogen and oxygen atoms in total. The number of nitrogens with two attached hydrogens (primary N) is 1. The minimum Gasteiger partial charge on any atom is -0.392 e. The molecule has 27 heavy (non-hydrogen) atoms. The van der Waals surface area contributed by atoms with Crippen molar-refractivity contribution in [2.24, 2.45) is 11.1 Å². The number of ether oxygens (including phenoxy) is 1. The monoisotopic (exact) mass is 398 g/mol. The van der Waals surface area contributed by atoms with Gasteiger partial charge in [-0.2, -0.15) is 0 Å². The van der Waals surface area contributed by atoms with E-state index < -0.39 is 5.41 Å². The summed E-state index contributed by atoms with van der Waals surface area (Å²) in [6.45, 7) is 2.27. The van der Waals surface area contributed by atoms with Gasteiger partial charge in [-0.15, -0.1) is 12.4 Å². The van der Waals surface area contributed by atoms with E-state index in [0.717, 1.165) is 31.2 Å². The fourth-order valence-corrected chi connectivity index (χ4v) is 4.77. The molecular formula is C20H28ClFN2O3. The van der Waals surface area contributed by atoms with Crippen molar-refractivity contribution >= 4 is 18.3 Å². The van der Waals surface area contributed by atoms with Crippen LogP contribution < -0.4 is 5.73 Å². The molecule has 0 bridgehead atoms. The van der Waals surface area contributed by atoms with Crippen molar-refractivity contribution < 1.29 is 19.0 Å². The van der Waals surface area contributed by atoms with Crippen molar-refractivity contribution in [3.8, 4) is 0 Å². The summed E-state index contributed by atoms with van der Waals surface area (Å²) < 4.78 is 19.0. The molecule has 0 unspecified atom stereocenters. The van der Waals surface area contributed by atoms with E-state index in [9.17, 15) is 14.3 Å². The van der Waals surface area contributed by atoms with E-state index in [-0.39, 0.29) is 41.8 Å². The third kappa shape index (κ3) is 3.37. The second kappa shape index (κ2) is 7.66. The van der Waals surface area contributed by atoms with E-state index in [2.05, 4.69) is 0 Å². The predicted molar refractivity (Wildman–Crippen MR) is 102 cm³/mol. The molecule has 7 heteroatoms. The Morgan fingerprint density at radius 3 is 2.37 bits per heavy atom. The number of amides is 1. The first kappa shape index (κ1) is 20.5. The smallest absolute Gasteiger partial charge is 0.233 e. The topological polar surface area (TPSA) is 75.8 Å². The highest BCUT2D eigenvalue weighted by atomic mass is 35.5. The van der Waals surface area contributed by atoms with Gasteiger partial charge in [0.1, 0.15) is 5.82 Å². The quantitative estimate of drug-likeness (QED) is 0.795. The second-order valence-electron chi connectivity index (χ2n) is 8.01. The number of benzene rings is 1. The summed E-state index contributed by atoms with van der Waals surface area (Å²) in [5.74, 6) is -0.133. The number of carbonyl (C=O) groups excluding carboxylic acids is 1. The van der Waals surface area contributed by atoms with Gasteiger partial charge < -0.3 is 20.5 Å². The Morgan fingerprint density at radius 2 is 1.85 bits per heavy atom. The van der Waals surface area contributed by atoms with Crippen LogP contribution in [0.15, 0.2) is 24.3 Å². The number of halogens is 2. The predicted octanol–water partition coefficient (Wildman–Crippen LogP) is 2.00. The summed E-state index contributed by atoms with van der Waals surface area (Å²) in [4.78, 5) is 15.1. The molecule has 3 fully saturated rings. The maximum atomic E-state index is 13.2. The molecule has 1 saturated heterocycles. The van der Waals surface area contributed by atoms with Gasteiger partial charge in [0, 0.05) is 31.5 Å². The van der Waals surface area contributed by atoms with E-state index in [4.69, 9.17) is 10.5 Å². The number of aliphatic hydroxyl groups is 1. The number of aliphatic hydroxyl groups excluding tert-OH is 1. The van der Waals surface area contributed by atoms with E-state index in [1.165, 1.54) is 12.1 Å². The Bertz CT molecular complexity index is 672. The summed E-state index contributed by atoms with van der Waals surface area (Å²) in [7, 11) is 0. The number of nitrogens with zero attached hydrogens (tertiary/aromatic N) is 1. The average molecular weight is 399 g/mol. The lowest BCUT2D eigenvalue weighted by Crippen LogP contribution is -2.63. The molecule has 3 aliphatic rings. The molecule has 3 N–H and O–H groups in total. The van der Waals surface area contributed by atoms with Crippen LogP contribution in [0.3, 0.4) is 0 Å². The van der Waals surface area contributed by atoms with Crippen LogP contribution in [0.5, 0.6) is 0 Å². The van der Waals surface area contributed by atoms with Crippen LogP contribution in [0.1, 0.15) is 37.7 Å². The molecule has 1 aliphatic heterocycles. The highest BCUT2D eigenvalue weighted by molar-refractivity contribution is 5.91. The summed E-state index contributed by atoms with van der Waals surface area (Å²) in [5.41, 5.74) is 5.75. The first-order valence-electron chi connectivity index (χ1n) is 9.57. The van der Waals surface area contributed by atoms with E-state index in [1.54, 1.807) is 12.1 Å². The SMILES string of the molecule is Cl.NCCO[C@H]1C[C@@H](O)C12CCN(C(=O)C1(c3ccc(F)cc3)CC1)CC2. The maximum absolute atomic E-state index is 13.2. The van der Waals surface area contributed by atoms with Crippen LogP contribution in [0.4, 0.5) is 4.39 Å². The lowest BCUT2D eigenvalue weighted by molar-refractivity contribution is -0.210. The lowest BCUT2D eigenvalue weighted by atomic mass is 9.58. The number of likely N-dealkylation sites (tertiary alicyclic amines) is 1. The zero-order valence-corrected chi connectivity index (χ0v) is 16.2. The van der Waals surface area contributed by atoms with Crippen molar-refractivity contribution in [2.75, 3.05) is 26.2 Å². The molecule has 150 valence electrons. The highest BCUT2D eigenvalue weighted by Gasteiger charge is 2.58. The zero-order chi connectivity index (χ0) is 18.4. The Hall–Kier alpha value is -1.21. The molecule has 2 aliphatic carbocycles. The van der Waals surface area contributed by atoms with Crippen molar-refractivity contribution in [1.82, 2.24) is 4.90 Å². The molecule has 1 aromatic rings. The summed E-state index contributed by atoms with van der Waals surface area (Å²) in [6.07, 6.45) is 3.52. The molecule has 0 radical (unpaired) electrons. The molecule has 0 aromatic heterocycles. The van der Waals surface area contributed by atoms with Crippen LogP contribution in [-0.2, 0) is 14.9 Å². The fourth-order valence-electron chi connectivity index (χ4n) is 4.77. The van der Waals surface area contributed by atoms with Crippen LogP contribution in [0.25, 0.3) is 0 Å². The fraction of sp³-hybridized carbons (Fsp3) is 0.650. The number of hydrogen-bond acceptors (Lipinski definition) is 4. The van der Waals surface area contributed by atoms with Crippen molar-refractivity contribution in [3.63, 3.8) is 0 Å². The normalized spacial score (nSPS) is 27.6. The molecule has 1 spiro atoms. The summed E-state index contributed by atoms with van der Waals surface area (Å²) in [5, 5.41) is 10.3. The number of hydrogen-bond donors (Lipinski definition) is 2. The third-order valence-corrected chi connectivity index (χ3v) is 6.72. The van der Waals surface area contributed by atoms with Crippen molar-refractivity contribution in [2.45, 2.75) is 49.7 Å². The first-order valence-corrected chi connectivity index (χ1v) is 9.57. The Labute approximate surface area is 165 Å².